The van der Waals surface area contributed by atoms with Crippen LogP contribution < -0.4 is 5.73 Å². The number of methoxy groups -OCH3 is 2. The monoisotopic (exact) mass is 213 g/mol. The van der Waals surface area contributed by atoms with Gasteiger partial charge in [-0.1, -0.05) is 0 Å². The van der Waals surface area contributed by atoms with Crippen molar-refractivity contribution in [2.24, 2.45) is 11.7 Å². The molecule has 0 aromatic rings. The molecule has 0 saturated heterocycles. The topological polar surface area (TPSA) is 78.6 Å². The Morgan fingerprint density at radius 3 is 2.53 bits per heavy atom. The molecule has 15 heavy (non-hydrogen) atoms. The molecule has 1 rings (SSSR count). The van der Waals surface area contributed by atoms with Gasteiger partial charge in [-0.05, 0) is 19.3 Å². The summed E-state index contributed by atoms with van der Waals surface area (Å²) >= 11 is 0. The van der Waals surface area contributed by atoms with E-state index in [0.717, 1.165) is 0 Å². The van der Waals surface area contributed by atoms with E-state index in [-0.39, 0.29) is 11.9 Å². The zero-order valence-corrected chi connectivity index (χ0v) is 8.91. The average Bonchev–Trinajstić information content (AvgIpc) is 2.27. The van der Waals surface area contributed by atoms with E-state index in [1.807, 2.05) is 0 Å². The summed E-state index contributed by atoms with van der Waals surface area (Å²) in [7, 11) is 2.63. The standard InChI is InChI=1S/C10H15NO4/c1-14-9(12)6-3-4-8(11)7(5-6)10(13)15-2/h6H,3-5,11H2,1-2H3/t6-/m1/s1. The molecule has 1 atom stereocenters. The van der Waals surface area contributed by atoms with Crippen LogP contribution in [-0.2, 0) is 19.1 Å². The molecule has 1 aliphatic rings. The summed E-state index contributed by atoms with van der Waals surface area (Å²) in [5, 5.41) is 0. The number of hydrogen-bond donors (Lipinski definition) is 1. The number of nitrogens with two attached hydrogens (primary N) is 1. The van der Waals surface area contributed by atoms with Crippen molar-refractivity contribution in [3.05, 3.63) is 11.3 Å². The second kappa shape index (κ2) is 4.82. The maximum absolute atomic E-state index is 11.3. The Labute approximate surface area is 88.2 Å². The molecule has 0 saturated carbocycles. The molecule has 2 N–H and O–H groups in total. The van der Waals surface area contributed by atoms with Crippen molar-refractivity contribution in [1.29, 1.82) is 0 Å². The lowest BCUT2D eigenvalue weighted by Gasteiger charge is -2.22. The third kappa shape index (κ3) is 2.49. The minimum Gasteiger partial charge on any atom is -0.469 e. The Bertz CT molecular complexity index is 309. The number of esters is 2. The molecule has 0 spiro atoms. The highest BCUT2D eigenvalue weighted by Crippen LogP contribution is 2.28. The smallest absolute Gasteiger partial charge is 0.335 e. The van der Waals surface area contributed by atoms with Crippen LogP contribution in [0.3, 0.4) is 0 Å². The van der Waals surface area contributed by atoms with Crippen LogP contribution in [0.1, 0.15) is 19.3 Å². The number of allylic oxidation sites excluding steroid dienone is 1. The Kier molecular flexibility index (Phi) is 3.71. The van der Waals surface area contributed by atoms with Crippen LogP contribution in [0.2, 0.25) is 0 Å². The zero-order valence-electron chi connectivity index (χ0n) is 8.91. The van der Waals surface area contributed by atoms with Gasteiger partial charge in [0.1, 0.15) is 0 Å². The molecule has 1 aliphatic carbocycles. The molecule has 0 bridgehead atoms. The summed E-state index contributed by atoms with van der Waals surface area (Å²) in [4.78, 5) is 22.6. The van der Waals surface area contributed by atoms with Gasteiger partial charge < -0.3 is 15.2 Å². The minimum absolute atomic E-state index is 0.281. The molecule has 0 aliphatic heterocycles. The van der Waals surface area contributed by atoms with Crippen LogP contribution >= 0.6 is 0 Å². The number of carbonyl (C=O) groups excluding carboxylic acids is 2. The Morgan fingerprint density at radius 2 is 2.00 bits per heavy atom. The first-order chi connectivity index (χ1) is 7.10. The third-order valence-electron chi connectivity index (χ3n) is 2.57. The number of ether oxygens (including phenoxy) is 2. The molecular weight excluding hydrogens is 198 g/mol. The second-order valence-electron chi connectivity index (χ2n) is 3.46. The van der Waals surface area contributed by atoms with Crippen molar-refractivity contribution in [3.63, 3.8) is 0 Å². The normalized spacial score (nSPS) is 21.1. The first-order valence-corrected chi connectivity index (χ1v) is 4.73. The molecule has 0 aromatic heterocycles. The van der Waals surface area contributed by atoms with E-state index in [9.17, 15) is 9.59 Å². The summed E-state index contributed by atoms with van der Waals surface area (Å²) in [6.07, 6.45) is 1.47. The first kappa shape index (κ1) is 11.6. The quantitative estimate of drug-likeness (QED) is 0.669. The second-order valence-corrected chi connectivity index (χ2v) is 3.46. The third-order valence-corrected chi connectivity index (χ3v) is 2.57. The Morgan fingerprint density at radius 1 is 1.33 bits per heavy atom. The lowest BCUT2D eigenvalue weighted by molar-refractivity contribution is -0.146. The van der Waals surface area contributed by atoms with E-state index in [2.05, 4.69) is 9.47 Å². The van der Waals surface area contributed by atoms with E-state index in [1.165, 1.54) is 14.2 Å². The van der Waals surface area contributed by atoms with Crippen molar-refractivity contribution in [2.75, 3.05) is 14.2 Å². The molecule has 0 radical (unpaired) electrons. The highest BCUT2D eigenvalue weighted by atomic mass is 16.5. The van der Waals surface area contributed by atoms with Gasteiger partial charge in [0, 0.05) is 5.70 Å². The van der Waals surface area contributed by atoms with Gasteiger partial charge in [0.05, 0.1) is 25.7 Å². The van der Waals surface area contributed by atoms with E-state index in [0.29, 0.717) is 30.5 Å². The van der Waals surface area contributed by atoms with Crippen molar-refractivity contribution in [3.8, 4) is 0 Å². The summed E-state index contributed by atoms with van der Waals surface area (Å²) in [5.41, 5.74) is 6.60. The largest absolute Gasteiger partial charge is 0.469 e. The number of hydrogen-bond acceptors (Lipinski definition) is 5. The fourth-order valence-electron chi connectivity index (χ4n) is 1.67. The van der Waals surface area contributed by atoms with Gasteiger partial charge in [0.2, 0.25) is 0 Å². The van der Waals surface area contributed by atoms with Crippen LogP contribution in [0.25, 0.3) is 0 Å². The Hall–Kier alpha value is -1.52. The molecule has 5 heteroatoms. The lowest BCUT2D eigenvalue weighted by atomic mass is 9.87. The highest BCUT2D eigenvalue weighted by molar-refractivity contribution is 5.90. The summed E-state index contributed by atoms with van der Waals surface area (Å²) in [5.74, 6) is -1.04. The molecule has 0 heterocycles. The molecule has 0 amide bonds. The van der Waals surface area contributed by atoms with Gasteiger partial charge in [-0.3, -0.25) is 4.79 Å². The van der Waals surface area contributed by atoms with Gasteiger partial charge >= 0.3 is 11.9 Å². The van der Waals surface area contributed by atoms with Gasteiger partial charge in [-0.25, -0.2) is 4.79 Å². The number of carbonyl (C=O) groups is 2. The highest BCUT2D eigenvalue weighted by Gasteiger charge is 2.29. The van der Waals surface area contributed by atoms with Crippen molar-refractivity contribution in [1.82, 2.24) is 0 Å². The molecule has 0 aromatic carbocycles. The van der Waals surface area contributed by atoms with Crippen molar-refractivity contribution >= 4 is 11.9 Å². The fraction of sp³-hybridized carbons (Fsp3) is 0.600. The van der Waals surface area contributed by atoms with E-state index < -0.39 is 5.97 Å². The average molecular weight is 213 g/mol. The molecule has 84 valence electrons. The SMILES string of the molecule is COC(=O)C1=C(N)CC[C@@H](C(=O)OC)C1. The van der Waals surface area contributed by atoms with Crippen LogP contribution in [0.4, 0.5) is 0 Å². The summed E-state index contributed by atoms with van der Waals surface area (Å²) in [6, 6.07) is 0. The van der Waals surface area contributed by atoms with Gasteiger partial charge in [0.25, 0.3) is 0 Å². The zero-order chi connectivity index (χ0) is 11.4. The lowest BCUT2D eigenvalue weighted by Crippen LogP contribution is -2.26. The maximum atomic E-state index is 11.3. The van der Waals surface area contributed by atoms with E-state index in [4.69, 9.17) is 5.73 Å². The first-order valence-electron chi connectivity index (χ1n) is 4.73. The molecule has 5 nitrogen and oxygen atoms in total. The van der Waals surface area contributed by atoms with Crippen LogP contribution in [0, 0.1) is 5.92 Å². The summed E-state index contributed by atoms with van der Waals surface area (Å²) < 4.78 is 9.23. The van der Waals surface area contributed by atoms with E-state index >= 15 is 0 Å². The van der Waals surface area contributed by atoms with Gasteiger partial charge in [0.15, 0.2) is 0 Å². The predicted molar refractivity (Wildman–Crippen MR) is 52.6 cm³/mol. The molecular formula is C10H15NO4. The van der Waals surface area contributed by atoms with E-state index in [1.54, 1.807) is 0 Å². The molecule has 0 fully saturated rings. The summed E-state index contributed by atoms with van der Waals surface area (Å²) in [6.45, 7) is 0. The van der Waals surface area contributed by atoms with Crippen LogP contribution in [0.15, 0.2) is 11.3 Å². The fourth-order valence-corrected chi connectivity index (χ4v) is 1.67. The van der Waals surface area contributed by atoms with Crippen molar-refractivity contribution < 1.29 is 19.1 Å². The van der Waals surface area contributed by atoms with Gasteiger partial charge in [-0.15, -0.1) is 0 Å². The van der Waals surface area contributed by atoms with Crippen LogP contribution in [0.5, 0.6) is 0 Å². The van der Waals surface area contributed by atoms with Crippen LogP contribution in [-0.4, -0.2) is 26.2 Å². The van der Waals surface area contributed by atoms with Gasteiger partial charge in [-0.2, -0.15) is 0 Å². The molecule has 0 unspecified atom stereocenters. The maximum Gasteiger partial charge on any atom is 0.335 e. The Balaban J connectivity index is 2.78. The van der Waals surface area contributed by atoms with Crippen molar-refractivity contribution in [2.45, 2.75) is 19.3 Å². The predicted octanol–water partition coefficient (Wildman–Crippen LogP) is 0.345. The number of rotatable bonds is 2. The minimum atomic E-state index is -0.457.